The molecule has 0 bridgehead atoms. The minimum absolute atomic E-state index is 0.156. The molecule has 0 heterocycles. The molecule has 0 aromatic heterocycles. The van der Waals surface area contributed by atoms with Gasteiger partial charge in [-0.05, 0) is 47.0 Å². The van der Waals surface area contributed by atoms with Crippen molar-refractivity contribution in [1.29, 1.82) is 0 Å². The first-order valence-corrected chi connectivity index (χ1v) is 7.18. The summed E-state index contributed by atoms with van der Waals surface area (Å²) in [6.45, 7) is 0.807. The van der Waals surface area contributed by atoms with Crippen LogP contribution in [0, 0.1) is 0 Å². The summed E-state index contributed by atoms with van der Waals surface area (Å²) >= 11 is 3.41. The van der Waals surface area contributed by atoms with Crippen LogP contribution in [0.1, 0.15) is 36.0 Å². The summed E-state index contributed by atoms with van der Waals surface area (Å²) in [5, 5.41) is 9.22. The molecule has 0 aliphatic heterocycles. The van der Waals surface area contributed by atoms with Gasteiger partial charge < -0.3 is 10.0 Å². The van der Waals surface area contributed by atoms with Gasteiger partial charge in [-0.3, -0.25) is 4.79 Å². The summed E-state index contributed by atoms with van der Waals surface area (Å²) in [7, 11) is 0. The lowest BCUT2D eigenvalue weighted by Gasteiger charge is -2.30. The summed E-state index contributed by atoms with van der Waals surface area (Å²) in [5.74, 6) is 0. The lowest BCUT2D eigenvalue weighted by atomic mass is 10.1. The van der Waals surface area contributed by atoms with Crippen molar-refractivity contribution in [1.82, 2.24) is 0 Å². The summed E-state index contributed by atoms with van der Waals surface area (Å²) < 4.78 is 0.816. The molecular weight excluding hydrogens is 294 g/mol. The number of aldehydes is 1. The average Bonchev–Trinajstić information content (AvgIpc) is 2.89. The third-order valence-electron chi connectivity index (χ3n) is 3.55. The zero-order valence-corrected chi connectivity index (χ0v) is 11.9. The Kier molecular flexibility index (Phi) is 4.78. The Balaban J connectivity index is 2.24. The van der Waals surface area contributed by atoms with E-state index in [0.717, 1.165) is 16.4 Å². The highest BCUT2D eigenvalue weighted by molar-refractivity contribution is 9.10. The van der Waals surface area contributed by atoms with Crippen molar-refractivity contribution >= 4 is 27.9 Å². The van der Waals surface area contributed by atoms with Crippen molar-refractivity contribution in [3.8, 4) is 0 Å². The van der Waals surface area contributed by atoms with E-state index in [9.17, 15) is 9.90 Å². The molecule has 2 rings (SSSR count). The van der Waals surface area contributed by atoms with E-state index in [2.05, 4.69) is 20.8 Å². The van der Waals surface area contributed by atoms with E-state index < -0.39 is 0 Å². The highest BCUT2D eigenvalue weighted by atomic mass is 79.9. The first kappa shape index (κ1) is 13.6. The molecule has 1 aromatic rings. The van der Waals surface area contributed by atoms with Crippen LogP contribution in [-0.2, 0) is 0 Å². The lowest BCUT2D eigenvalue weighted by Crippen LogP contribution is -2.35. The van der Waals surface area contributed by atoms with Crippen LogP contribution in [-0.4, -0.2) is 30.6 Å². The summed E-state index contributed by atoms with van der Waals surface area (Å²) in [5.41, 5.74) is 1.74. The molecule has 1 N–H and O–H groups in total. The number of aliphatic hydroxyl groups excluding tert-OH is 1. The minimum atomic E-state index is 0.156. The van der Waals surface area contributed by atoms with E-state index >= 15 is 0 Å². The van der Waals surface area contributed by atoms with Crippen molar-refractivity contribution < 1.29 is 9.90 Å². The number of hydrogen-bond donors (Lipinski definition) is 1. The number of benzene rings is 1. The number of carbonyl (C=O) groups excluding carboxylic acids is 1. The van der Waals surface area contributed by atoms with E-state index in [-0.39, 0.29) is 6.61 Å². The standard InChI is InChI=1S/C14H18BrNO2/c15-14-9-13(6-5-11(14)10-18)16(7-8-17)12-3-1-2-4-12/h5-6,9-10,12,17H,1-4,7-8H2. The van der Waals surface area contributed by atoms with Crippen LogP contribution in [0.5, 0.6) is 0 Å². The van der Waals surface area contributed by atoms with Crippen LogP contribution < -0.4 is 4.90 Å². The quantitative estimate of drug-likeness (QED) is 0.850. The van der Waals surface area contributed by atoms with Crippen LogP contribution in [0.2, 0.25) is 0 Å². The zero-order valence-electron chi connectivity index (χ0n) is 10.3. The number of carbonyl (C=O) groups is 1. The predicted octanol–water partition coefficient (Wildman–Crippen LogP) is 3.00. The number of nitrogens with zero attached hydrogens (tertiary/aromatic N) is 1. The number of rotatable bonds is 5. The second-order valence-electron chi connectivity index (χ2n) is 4.68. The third kappa shape index (κ3) is 2.93. The Morgan fingerprint density at radius 2 is 2.11 bits per heavy atom. The Morgan fingerprint density at radius 1 is 1.39 bits per heavy atom. The van der Waals surface area contributed by atoms with Gasteiger partial charge in [-0.2, -0.15) is 0 Å². The second-order valence-corrected chi connectivity index (χ2v) is 5.53. The van der Waals surface area contributed by atoms with Gasteiger partial charge >= 0.3 is 0 Å². The Bertz CT molecular complexity index is 416. The lowest BCUT2D eigenvalue weighted by molar-refractivity contribution is 0.112. The zero-order chi connectivity index (χ0) is 13.0. The number of anilines is 1. The summed E-state index contributed by atoms with van der Waals surface area (Å²) in [4.78, 5) is 13.1. The molecule has 0 radical (unpaired) electrons. The molecule has 1 aromatic carbocycles. The molecule has 0 atom stereocenters. The molecular formula is C14H18BrNO2. The maximum atomic E-state index is 10.8. The van der Waals surface area contributed by atoms with Gasteiger partial charge in [-0.15, -0.1) is 0 Å². The molecule has 0 saturated heterocycles. The molecule has 18 heavy (non-hydrogen) atoms. The summed E-state index contributed by atoms with van der Waals surface area (Å²) in [6, 6.07) is 6.28. The minimum Gasteiger partial charge on any atom is -0.395 e. The van der Waals surface area contributed by atoms with Crippen molar-refractivity contribution in [3.05, 3.63) is 28.2 Å². The van der Waals surface area contributed by atoms with Gasteiger partial charge in [0.2, 0.25) is 0 Å². The van der Waals surface area contributed by atoms with E-state index in [1.54, 1.807) is 0 Å². The Hall–Kier alpha value is -0.870. The van der Waals surface area contributed by atoms with Crippen LogP contribution in [0.15, 0.2) is 22.7 Å². The van der Waals surface area contributed by atoms with Gasteiger partial charge in [0.05, 0.1) is 6.61 Å². The molecule has 1 aliphatic carbocycles. The van der Waals surface area contributed by atoms with Gasteiger partial charge in [0.25, 0.3) is 0 Å². The molecule has 1 aliphatic rings. The molecule has 3 nitrogen and oxygen atoms in total. The monoisotopic (exact) mass is 311 g/mol. The van der Waals surface area contributed by atoms with Gasteiger partial charge in [0.15, 0.2) is 6.29 Å². The molecule has 0 unspecified atom stereocenters. The van der Waals surface area contributed by atoms with Gasteiger partial charge in [-0.25, -0.2) is 0 Å². The molecule has 1 saturated carbocycles. The second kappa shape index (κ2) is 6.34. The smallest absolute Gasteiger partial charge is 0.151 e. The summed E-state index contributed by atoms with van der Waals surface area (Å²) in [6.07, 6.45) is 5.75. The van der Waals surface area contributed by atoms with E-state index in [0.29, 0.717) is 18.2 Å². The number of aliphatic hydroxyl groups is 1. The fourth-order valence-corrected chi connectivity index (χ4v) is 3.10. The van der Waals surface area contributed by atoms with Crippen molar-refractivity contribution in [3.63, 3.8) is 0 Å². The van der Waals surface area contributed by atoms with Crippen LogP contribution in [0.25, 0.3) is 0 Å². The van der Waals surface area contributed by atoms with Crippen LogP contribution >= 0.6 is 15.9 Å². The molecule has 0 amide bonds. The van der Waals surface area contributed by atoms with Crippen molar-refractivity contribution in [2.45, 2.75) is 31.7 Å². The van der Waals surface area contributed by atoms with E-state index in [4.69, 9.17) is 0 Å². The average molecular weight is 312 g/mol. The van der Waals surface area contributed by atoms with E-state index in [1.165, 1.54) is 25.7 Å². The van der Waals surface area contributed by atoms with Crippen molar-refractivity contribution in [2.75, 3.05) is 18.1 Å². The Morgan fingerprint density at radius 3 is 2.67 bits per heavy atom. The number of hydrogen-bond acceptors (Lipinski definition) is 3. The van der Waals surface area contributed by atoms with Gasteiger partial charge in [0, 0.05) is 28.3 Å². The highest BCUT2D eigenvalue weighted by Gasteiger charge is 2.22. The van der Waals surface area contributed by atoms with Gasteiger partial charge in [0.1, 0.15) is 0 Å². The first-order chi connectivity index (χ1) is 8.76. The number of halogens is 1. The molecule has 1 fully saturated rings. The van der Waals surface area contributed by atoms with Crippen LogP contribution in [0.4, 0.5) is 5.69 Å². The predicted molar refractivity (Wildman–Crippen MR) is 76.2 cm³/mol. The maximum absolute atomic E-state index is 10.8. The van der Waals surface area contributed by atoms with Crippen molar-refractivity contribution in [2.24, 2.45) is 0 Å². The first-order valence-electron chi connectivity index (χ1n) is 6.38. The SMILES string of the molecule is O=Cc1ccc(N(CCO)C2CCCC2)cc1Br. The fourth-order valence-electron chi connectivity index (χ4n) is 2.64. The third-order valence-corrected chi connectivity index (χ3v) is 4.24. The molecule has 4 heteroatoms. The normalized spacial score (nSPS) is 15.9. The molecule has 98 valence electrons. The highest BCUT2D eigenvalue weighted by Crippen LogP contribution is 2.30. The molecule has 0 spiro atoms. The largest absolute Gasteiger partial charge is 0.395 e. The topological polar surface area (TPSA) is 40.5 Å². The Labute approximate surface area is 116 Å². The fraction of sp³-hybridized carbons (Fsp3) is 0.500. The van der Waals surface area contributed by atoms with E-state index in [1.807, 2.05) is 18.2 Å². The van der Waals surface area contributed by atoms with Gasteiger partial charge in [-0.1, -0.05) is 12.8 Å². The maximum Gasteiger partial charge on any atom is 0.151 e. The van der Waals surface area contributed by atoms with Crippen LogP contribution in [0.3, 0.4) is 0 Å².